The molecule has 0 aliphatic rings. The molecule has 1 heterocycles. The van der Waals surface area contributed by atoms with E-state index in [1.807, 2.05) is 43.3 Å². The number of benzene rings is 4. The van der Waals surface area contributed by atoms with E-state index in [2.05, 4.69) is 76.6 Å². The number of para-hydroxylation sites is 2. The second-order valence-electron chi connectivity index (χ2n) is 8.54. The fraction of sp³-hybridized carbons (Fsp3) is 0.138. The molecular formula is C29H26N4OS. The number of fused-ring (bicyclic) bond motifs is 2. The van der Waals surface area contributed by atoms with Gasteiger partial charge in [-0.15, -0.1) is 0 Å². The Kier molecular flexibility index (Phi) is 6.64. The quantitative estimate of drug-likeness (QED) is 0.173. The van der Waals surface area contributed by atoms with Gasteiger partial charge in [0.2, 0.25) is 0 Å². The standard InChI is InChI=1S/C29H26N4OS/c1-20-11-13-22(14-12-20)18-33-27-10-6-5-9-26(27)30-29(33)35-19-28(34)32-31-21(2)24-16-15-23-7-3-4-8-25(23)17-24/h3-17H,18-19H2,1-2H3,(H,32,34). The zero-order chi connectivity index (χ0) is 24.2. The molecule has 0 bridgehead atoms. The van der Waals surface area contributed by atoms with Crippen LogP contribution >= 0.6 is 11.8 Å². The summed E-state index contributed by atoms with van der Waals surface area (Å²) in [5.74, 6) is 0.0650. The number of aryl methyl sites for hydroxylation is 1. The Bertz CT molecular complexity index is 1540. The van der Waals surface area contributed by atoms with Crippen molar-refractivity contribution in [1.82, 2.24) is 15.0 Å². The molecule has 6 heteroatoms. The Hall–Kier alpha value is -3.90. The summed E-state index contributed by atoms with van der Waals surface area (Å²) in [7, 11) is 0. The van der Waals surface area contributed by atoms with Crippen LogP contribution in [-0.4, -0.2) is 26.9 Å². The van der Waals surface area contributed by atoms with Crippen molar-refractivity contribution in [1.29, 1.82) is 0 Å². The van der Waals surface area contributed by atoms with Gasteiger partial charge in [-0.1, -0.05) is 90.1 Å². The SMILES string of the molecule is CC(=NNC(=O)CSc1nc2ccccc2n1Cc1ccc(C)cc1)c1ccc2ccccc2c1. The third kappa shape index (κ3) is 5.28. The summed E-state index contributed by atoms with van der Waals surface area (Å²) in [5.41, 5.74) is 8.85. The van der Waals surface area contributed by atoms with Crippen LogP contribution in [0.25, 0.3) is 21.8 Å². The highest BCUT2D eigenvalue weighted by molar-refractivity contribution is 7.99. The van der Waals surface area contributed by atoms with Gasteiger partial charge in [0.15, 0.2) is 5.16 Å². The van der Waals surface area contributed by atoms with Gasteiger partial charge in [-0.25, -0.2) is 10.4 Å². The lowest BCUT2D eigenvalue weighted by Crippen LogP contribution is -2.21. The van der Waals surface area contributed by atoms with Gasteiger partial charge in [0.1, 0.15) is 0 Å². The van der Waals surface area contributed by atoms with Crippen LogP contribution in [0, 0.1) is 6.92 Å². The summed E-state index contributed by atoms with van der Waals surface area (Å²) in [6, 6.07) is 30.9. The molecule has 0 spiro atoms. The predicted molar refractivity (Wildman–Crippen MR) is 145 cm³/mol. The Morgan fingerprint density at radius 3 is 2.51 bits per heavy atom. The lowest BCUT2D eigenvalue weighted by atomic mass is 10.0. The van der Waals surface area contributed by atoms with Crippen LogP contribution in [0.4, 0.5) is 0 Å². The molecule has 0 atom stereocenters. The topological polar surface area (TPSA) is 59.3 Å². The highest BCUT2D eigenvalue weighted by Gasteiger charge is 2.13. The van der Waals surface area contributed by atoms with Gasteiger partial charge in [0, 0.05) is 0 Å². The van der Waals surface area contributed by atoms with Crippen LogP contribution in [0.2, 0.25) is 0 Å². The number of carbonyl (C=O) groups excluding carboxylic acids is 1. The molecule has 1 amide bonds. The van der Waals surface area contributed by atoms with E-state index < -0.39 is 0 Å². The van der Waals surface area contributed by atoms with Crippen molar-refractivity contribution in [2.24, 2.45) is 5.10 Å². The van der Waals surface area contributed by atoms with E-state index in [1.165, 1.54) is 28.3 Å². The molecule has 1 aromatic heterocycles. The summed E-state index contributed by atoms with van der Waals surface area (Å²) < 4.78 is 2.17. The fourth-order valence-electron chi connectivity index (χ4n) is 3.98. The number of aromatic nitrogens is 2. The summed E-state index contributed by atoms with van der Waals surface area (Å²) >= 11 is 1.42. The Morgan fingerprint density at radius 1 is 0.943 bits per heavy atom. The Balaban J connectivity index is 1.28. The number of imidazole rings is 1. The number of hydrogen-bond donors (Lipinski definition) is 1. The number of hydrogen-bond acceptors (Lipinski definition) is 4. The summed E-state index contributed by atoms with van der Waals surface area (Å²) in [6.45, 7) is 4.68. The van der Waals surface area contributed by atoms with E-state index in [4.69, 9.17) is 4.98 Å². The molecule has 0 radical (unpaired) electrons. The van der Waals surface area contributed by atoms with Crippen molar-refractivity contribution >= 4 is 45.2 Å². The Morgan fingerprint density at radius 2 is 1.69 bits per heavy atom. The zero-order valence-electron chi connectivity index (χ0n) is 19.7. The summed E-state index contributed by atoms with van der Waals surface area (Å²) in [5, 5.41) is 7.47. The number of amides is 1. The molecule has 0 aliphatic heterocycles. The second kappa shape index (κ2) is 10.2. The van der Waals surface area contributed by atoms with Crippen LogP contribution in [0.3, 0.4) is 0 Å². The maximum Gasteiger partial charge on any atom is 0.250 e. The van der Waals surface area contributed by atoms with Gasteiger partial charge in [0.05, 0.1) is 29.0 Å². The van der Waals surface area contributed by atoms with E-state index in [9.17, 15) is 4.79 Å². The van der Waals surface area contributed by atoms with Crippen LogP contribution < -0.4 is 5.43 Å². The molecular weight excluding hydrogens is 452 g/mol. The second-order valence-corrected chi connectivity index (χ2v) is 9.48. The summed E-state index contributed by atoms with van der Waals surface area (Å²) in [4.78, 5) is 17.4. The first-order valence-corrected chi connectivity index (χ1v) is 12.5. The molecule has 1 N–H and O–H groups in total. The smallest absolute Gasteiger partial charge is 0.250 e. The minimum Gasteiger partial charge on any atom is -0.314 e. The van der Waals surface area contributed by atoms with E-state index in [0.29, 0.717) is 6.54 Å². The average Bonchev–Trinajstić information content (AvgIpc) is 3.24. The van der Waals surface area contributed by atoms with Crippen molar-refractivity contribution in [2.75, 3.05) is 5.75 Å². The molecule has 5 nitrogen and oxygen atoms in total. The van der Waals surface area contributed by atoms with Crippen molar-refractivity contribution in [3.63, 3.8) is 0 Å². The minimum atomic E-state index is -0.163. The number of thioether (sulfide) groups is 1. The molecule has 4 aromatic carbocycles. The van der Waals surface area contributed by atoms with Crippen molar-refractivity contribution < 1.29 is 4.79 Å². The Labute approximate surface area is 208 Å². The zero-order valence-corrected chi connectivity index (χ0v) is 20.5. The first-order valence-electron chi connectivity index (χ1n) is 11.5. The number of hydrazone groups is 1. The highest BCUT2D eigenvalue weighted by Crippen LogP contribution is 2.25. The normalized spacial score (nSPS) is 11.8. The molecule has 0 unspecified atom stereocenters. The summed E-state index contributed by atoms with van der Waals surface area (Å²) in [6.07, 6.45) is 0. The van der Waals surface area contributed by atoms with E-state index in [-0.39, 0.29) is 11.7 Å². The van der Waals surface area contributed by atoms with Crippen LogP contribution in [0.5, 0.6) is 0 Å². The van der Waals surface area contributed by atoms with Gasteiger partial charge in [0.25, 0.3) is 5.91 Å². The number of nitrogens with one attached hydrogen (secondary N) is 1. The van der Waals surface area contributed by atoms with Crippen LogP contribution in [0.1, 0.15) is 23.6 Å². The van der Waals surface area contributed by atoms with E-state index >= 15 is 0 Å². The molecule has 0 saturated carbocycles. The van der Waals surface area contributed by atoms with E-state index in [1.54, 1.807) is 0 Å². The van der Waals surface area contributed by atoms with Crippen molar-refractivity contribution in [3.05, 3.63) is 108 Å². The van der Waals surface area contributed by atoms with Gasteiger partial charge in [-0.3, -0.25) is 4.79 Å². The van der Waals surface area contributed by atoms with Crippen molar-refractivity contribution in [2.45, 2.75) is 25.5 Å². The first-order chi connectivity index (χ1) is 17.1. The lowest BCUT2D eigenvalue weighted by molar-refractivity contribution is -0.118. The number of carbonyl (C=O) groups is 1. The van der Waals surface area contributed by atoms with Gasteiger partial charge in [-0.05, 0) is 53.9 Å². The monoisotopic (exact) mass is 478 g/mol. The van der Waals surface area contributed by atoms with Gasteiger partial charge < -0.3 is 4.57 Å². The van der Waals surface area contributed by atoms with Crippen molar-refractivity contribution in [3.8, 4) is 0 Å². The first kappa shape index (κ1) is 22.9. The molecule has 0 aliphatic carbocycles. The fourth-order valence-corrected chi connectivity index (χ4v) is 4.79. The molecule has 174 valence electrons. The third-order valence-electron chi connectivity index (χ3n) is 5.93. The van der Waals surface area contributed by atoms with E-state index in [0.717, 1.165) is 32.9 Å². The predicted octanol–water partition coefficient (Wildman–Crippen LogP) is 6.18. The molecule has 0 fully saturated rings. The lowest BCUT2D eigenvalue weighted by Gasteiger charge is -2.09. The van der Waals surface area contributed by atoms with Gasteiger partial charge >= 0.3 is 0 Å². The average molecular weight is 479 g/mol. The van der Waals surface area contributed by atoms with Crippen LogP contribution in [-0.2, 0) is 11.3 Å². The maximum atomic E-state index is 12.6. The highest BCUT2D eigenvalue weighted by atomic mass is 32.2. The molecule has 35 heavy (non-hydrogen) atoms. The molecule has 0 saturated heterocycles. The number of nitrogens with zero attached hydrogens (tertiary/aromatic N) is 3. The molecule has 5 rings (SSSR count). The largest absolute Gasteiger partial charge is 0.314 e. The minimum absolute atomic E-state index is 0.163. The maximum absolute atomic E-state index is 12.6. The van der Waals surface area contributed by atoms with Crippen LogP contribution in [0.15, 0.2) is 101 Å². The molecule has 5 aromatic rings. The third-order valence-corrected chi connectivity index (χ3v) is 6.91. The number of rotatable bonds is 7. The van der Waals surface area contributed by atoms with Gasteiger partial charge in [-0.2, -0.15) is 5.10 Å².